The number of hydrogen-bond acceptors (Lipinski definition) is 6. The zero-order valence-electron chi connectivity index (χ0n) is 25.5. The van der Waals surface area contributed by atoms with E-state index in [9.17, 15) is 0 Å². The first-order valence-corrected chi connectivity index (χ1v) is 16.1. The van der Waals surface area contributed by atoms with Crippen LogP contribution in [-0.4, -0.2) is 48.1 Å². The largest absolute Gasteiger partial charge is 0.474 e. The number of hydrogen-bond donors (Lipinski definition) is 0. The molecule has 0 N–H and O–H groups in total. The van der Waals surface area contributed by atoms with E-state index in [0.717, 1.165) is 33.6 Å². The standard InChI is InChI=1S/C41H28N4O2/c1-3-7-33-29(5-1)30-6-2-4-8-34(30)41(33)35-21-25(27-11-15-37(44-23-27)39-42-17-19-46-39)9-13-31(35)32-14-10-26(22-36(32)41)28-12-16-38(45-24-28)40-43-18-20-47-40/h1-16,21-24H,17-20H2. The fraction of sp³-hybridized carbons (Fsp3) is 0.122. The van der Waals surface area contributed by atoms with Crippen LogP contribution < -0.4 is 0 Å². The van der Waals surface area contributed by atoms with Gasteiger partial charge >= 0.3 is 0 Å². The van der Waals surface area contributed by atoms with Crippen LogP contribution in [0.4, 0.5) is 0 Å². The summed E-state index contributed by atoms with van der Waals surface area (Å²) in [5.74, 6) is 1.25. The normalized spacial score (nSPS) is 16.1. The maximum Gasteiger partial charge on any atom is 0.235 e. The van der Waals surface area contributed by atoms with Gasteiger partial charge in [0.15, 0.2) is 0 Å². The molecule has 0 atom stereocenters. The molecular formula is C41H28N4O2. The van der Waals surface area contributed by atoms with E-state index in [1.165, 1.54) is 44.5 Å². The third-order valence-electron chi connectivity index (χ3n) is 9.89. The molecule has 2 aliphatic heterocycles. The summed E-state index contributed by atoms with van der Waals surface area (Å²) in [6.07, 6.45) is 3.87. The zero-order valence-corrected chi connectivity index (χ0v) is 25.5. The van der Waals surface area contributed by atoms with Gasteiger partial charge in [0.25, 0.3) is 0 Å². The molecule has 6 heteroatoms. The molecule has 0 amide bonds. The van der Waals surface area contributed by atoms with Gasteiger partial charge in [-0.15, -0.1) is 0 Å². The van der Waals surface area contributed by atoms with Crippen molar-refractivity contribution in [3.8, 4) is 44.5 Å². The van der Waals surface area contributed by atoms with Gasteiger partial charge in [0.2, 0.25) is 11.8 Å². The van der Waals surface area contributed by atoms with Gasteiger partial charge in [0.1, 0.15) is 24.6 Å². The van der Waals surface area contributed by atoms with E-state index in [4.69, 9.17) is 19.4 Å². The zero-order chi connectivity index (χ0) is 31.0. The van der Waals surface area contributed by atoms with E-state index in [1.807, 2.05) is 24.5 Å². The Morgan fingerprint density at radius 3 is 1.32 bits per heavy atom. The van der Waals surface area contributed by atoms with Crippen molar-refractivity contribution in [2.24, 2.45) is 9.98 Å². The summed E-state index contributed by atoms with van der Waals surface area (Å²) in [6, 6.07) is 39.8. The average molecular weight is 609 g/mol. The monoisotopic (exact) mass is 608 g/mol. The molecule has 4 aromatic carbocycles. The van der Waals surface area contributed by atoms with Crippen LogP contribution in [0.25, 0.3) is 44.5 Å². The summed E-state index contributed by atoms with van der Waals surface area (Å²) in [7, 11) is 0. The van der Waals surface area contributed by atoms with Crippen LogP contribution in [0.15, 0.2) is 132 Å². The molecule has 4 aliphatic rings. The number of aliphatic imine (C=N–C) groups is 2. The molecule has 6 nitrogen and oxygen atoms in total. The molecular weight excluding hydrogens is 580 g/mol. The Labute approximate surface area is 272 Å². The molecule has 10 rings (SSSR count). The molecule has 0 saturated carbocycles. The SMILES string of the molecule is c1ccc2c(c1)-c1ccccc1C21c2cc(-c3ccc(C4=NCCO4)nc3)ccc2-c2ccc(-c3ccc(C4=NCCO4)nc3)cc21. The third kappa shape index (κ3) is 3.78. The van der Waals surface area contributed by atoms with Crippen molar-refractivity contribution in [3.63, 3.8) is 0 Å². The predicted molar refractivity (Wildman–Crippen MR) is 184 cm³/mol. The summed E-state index contributed by atoms with van der Waals surface area (Å²) in [5.41, 5.74) is 15.7. The van der Waals surface area contributed by atoms with Crippen LogP contribution in [0.2, 0.25) is 0 Å². The fourth-order valence-corrected chi connectivity index (χ4v) is 7.86. The summed E-state index contributed by atoms with van der Waals surface area (Å²) in [4.78, 5) is 18.3. The maximum absolute atomic E-state index is 5.65. The van der Waals surface area contributed by atoms with Gasteiger partial charge in [-0.1, -0.05) is 84.9 Å². The minimum absolute atomic E-state index is 0.469. The second-order valence-electron chi connectivity index (χ2n) is 12.3. The highest BCUT2D eigenvalue weighted by Gasteiger charge is 2.51. The van der Waals surface area contributed by atoms with Crippen LogP contribution in [0.5, 0.6) is 0 Å². The first kappa shape index (κ1) is 26.3. The molecule has 224 valence electrons. The molecule has 47 heavy (non-hydrogen) atoms. The number of rotatable bonds is 4. The number of nitrogens with zero attached hydrogens (tertiary/aromatic N) is 4. The van der Waals surface area contributed by atoms with Crippen molar-refractivity contribution < 1.29 is 9.47 Å². The summed E-state index contributed by atoms with van der Waals surface area (Å²) >= 11 is 0. The Morgan fingerprint density at radius 1 is 0.447 bits per heavy atom. The Morgan fingerprint density at radius 2 is 0.894 bits per heavy atom. The molecule has 2 aliphatic carbocycles. The Bertz CT molecular complexity index is 2140. The highest BCUT2D eigenvalue weighted by molar-refractivity contribution is 5.97. The summed E-state index contributed by atoms with van der Waals surface area (Å²) in [5, 5.41) is 0. The van der Waals surface area contributed by atoms with Crippen molar-refractivity contribution in [1.29, 1.82) is 0 Å². The molecule has 2 aromatic heterocycles. The second kappa shape index (κ2) is 10.1. The van der Waals surface area contributed by atoms with E-state index in [0.29, 0.717) is 38.1 Å². The van der Waals surface area contributed by atoms with Gasteiger partial charge in [-0.2, -0.15) is 0 Å². The van der Waals surface area contributed by atoms with Crippen molar-refractivity contribution in [1.82, 2.24) is 9.97 Å². The van der Waals surface area contributed by atoms with Crippen LogP contribution in [0.3, 0.4) is 0 Å². The molecule has 4 heterocycles. The molecule has 0 bridgehead atoms. The van der Waals surface area contributed by atoms with Crippen molar-refractivity contribution >= 4 is 11.8 Å². The lowest BCUT2D eigenvalue weighted by Gasteiger charge is -2.31. The highest BCUT2D eigenvalue weighted by atomic mass is 16.5. The molecule has 0 unspecified atom stereocenters. The van der Waals surface area contributed by atoms with Gasteiger partial charge in [-0.3, -0.25) is 9.97 Å². The van der Waals surface area contributed by atoms with Gasteiger partial charge in [0, 0.05) is 23.5 Å². The quantitative estimate of drug-likeness (QED) is 0.205. The van der Waals surface area contributed by atoms with Gasteiger partial charge < -0.3 is 9.47 Å². The second-order valence-corrected chi connectivity index (χ2v) is 12.3. The Balaban J connectivity index is 1.17. The lowest BCUT2D eigenvalue weighted by Crippen LogP contribution is -2.26. The van der Waals surface area contributed by atoms with Crippen LogP contribution >= 0.6 is 0 Å². The first-order chi connectivity index (χ1) is 23.3. The van der Waals surface area contributed by atoms with Gasteiger partial charge in [-0.25, -0.2) is 9.98 Å². The van der Waals surface area contributed by atoms with Crippen LogP contribution in [-0.2, 0) is 14.9 Å². The number of pyridine rings is 2. The lowest BCUT2D eigenvalue weighted by atomic mass is 9.70. The minimum Gasteiger partial charge on any atom is -0.474 e. The molecule has 0 fully saturated rings. The predicted octanol–water partition coefficient (Wildman–Crippen LogP) is 7.71. The smallest absolute Gasteiger partial charge is 0.235 e. The van der Waals surface area contributed by atoms with Crippen LogP contribution in [0, 0.1) is 0 Å². The van der Waals surface area contributed by atoms with E-state index in [-0.39, 0.29) is 0 Å². The first-order valence-electron chi connectivity index (χ1n) is 16.1. The molecule has 1 spiro atoms. The third-order valence-corrected chi connectivity index (χ3v) is 9.89. The fourth-order valence-electron chi connectivity index (χ4n) is 7.86. The molecule has 0 saturated heterocycles. The summed E-state index contributed by atoms with van der Waals surface area (Å²) in [6.45, 7) is 2.60. The van der Waals surface area contributed by atoms with E-state index in [2.05, 4.69) is 107 Å². The molecule has 0 radical (unpaired) electrons. The van der Waals surface area contributed by atoms with Gasteiger partial charge in [0.05, 0.1) is 18.5 Å². The molecule has 6 aromatic rings. The van der Waals surface area contributed by atoms with Crippen molar-refractivity contribution in [3.05, 3.63) is 155 Å². The number of ether oxygens (including phenoxy) is 2. The van der Waals surface area contributed by atoms with E-state index >= 15 is 0 Å². The van der Waals surface area contributed by atoms with E-state index in [1.54, 1.807) is 0 Å². The number of fused-ring (bicyclic) bond motifs is 10. The van der Waals surface area contributed by atoms with Gasteiger partial charge in [-0.05, 0) is 79.9 Å². The topological polar surface area (TPSA) is 69.0 Å². The van der Waals surface area contributed by atoms with E-state index < -0.39 is 5.41 Å². The number of benzene rings is 4. The Kier molecular flexibility index (Phi) is 5.64. The number of aromatic nitrogens is 2. The maximum atomic E-state index is 5.65. The minimum atomic E-state index is -0.469. The van der Waals surface area contributed by atoms with Crippen molar-refractivity contribution in [2.45, 2.75) is 5.41 Å². The highest BCUT2D eigenvalue weighted by Crippen LogP contribution is 2.63. The Hall–Kier alpha value is -5.88. The lowest BCUT2D eigenvalue weighted by molar-refractivity contribution is 0.347. The summed E-state index contributed by atoms with van der Waals surface area (Å²) < 4.78 is 11.3. The van der Waals surface area contributed by atoms with Crippen LogP contribution in [0.1, 0.15) is 33.6 Å². The van der Waals surface area contributed by atoms with Crippen molar-refractivity contribution in [2.75, 3.05) is 26.3 Å². The average Bonchev–Trinajstić information content (AvgIpc) is 3.96.